The summed E-state index contributed by atoms with van der Waals surface area (Å²) in [6.07, 6.45) is 4.98. The van der Waals surface area contributed by atoms with E-state index in [0.29, 0.717) is 5.88 Å². The van der Waals surface area contributed by atoms with E-state index in [1.165, 1.54) is 30.4 Å². The summed E-state index contributed by atoms with van der Waals surface area (Å²) in [6.45, 7) is 3.17. The quantitative estimate of drug-likeness (QED) is 0.837. The van der Waals surface area contributed by atoms with Gasteiger partial charge in [0, 0.05) is 18.0 Å². The third-order valence-corrected chi connectivity index (χ3v) is 5.85. The molecule has 2 aromatic rings. The van der Waals surface area contributed by atoms with Crippen molar-refractivity contribution in [2.45, 2.75) is 44.7 Å². The van der Waals surface area contributed by atoms with Gasteiger partial charge in [0.15, 0.2) is 0 Å². The van der Waals surface area contributed by atoms with Crippen molar-refractivity contribution in [3.63, 3.8) is 0 Å². The largest absolute Gasteiger partial charge is 0.304 e. The highest BCUT2D eigenvalue weighted by molar-refractivity contribution is 7.18. The molecule has 2 unspecified atom stereocenters. The van der Waals surface area contributed by atoms with Crippen molar-refractivity contribution in [3.8, 4) is 0 Å². The summed E-state index contributed by atoms with van der Waals surface area (Å²) in [5.74, 6) is 1.47. The molecule has 0 spiro atoms. The fourth-order valence-corrected chi connectivity index (χ4v) is 4.49. The monoisotopic (exact) mass is 308 g/mol. The molecule has 1 aliphatic carbocycles. The maximum absolute atomic E-state index is 6.27. The third kappa shape index (κ3) is 3.00. The lowest BCUT2D eigenvalue weighted by molar-refractivity contribution is 0.207. The molecule has 1 saturated carbocycles. The van der Waals surface area contributed by atoms with Crippen molar-refractivity contribution in [2.24, 2.45) is 5.92 Å². The maximum Gasteiger partial charge on any atom is 0.108 e. The van der Waals surface area contributed by atoms with E-state index >= 15 is 0 Å². The van der Waals surface area contributed by atoms with Gasteiger partial charge in [0.05, 0.1) is 10.2 Å². The molecule has 20 heavy (non-hydrogen) atoms. The second kappa shape index (κ2) is 6.00. The summed E-state index contributed by atoms with van der Waals surface area (Å²) in [4.78, 5) is 4.69. The summed E-state index contributed by atoms with van der Waals surface area (Å²) in [7, 11) is 0. The van der Waals surface area contributed by atoms with Gasteiger partial charge in [-0.15, -0.1) is 22.9 Å². The van der Waals surface area contributed by atoms with Gasteiger partial charge in [-0.25, -0.2) is 4.98 Å². The average molecular weight is 309 g/mol. The van der Waals surface area contributed by atoms with Gasteiger partial charge >= 0.3 is 0 Å². The number of halogens is 1. The van der Waals surface area contributed by atoms with E-state index < -0.39 is 0 Å². The Morgan fingerprint density at radius 3 is 3.05 bits per heavy atom. The SMILES string of the molecule is CC1CCCC(CCl)(NCc2nc3ccccc3s2)C1. The Bertz CT molecular complexity index is 550. The van der Waals surface area contributed by atoms with Crippen molar-refractivity contribution >= 4 is 33.2 Å². The number of thiazole rings is 1. The molecule has 1 aromatic heterocycles. The molecule has 4 heteroatoms. The number of rotatable bonds is 4. The Morgan fingerprint density at radius 2 is 2.30 bits per heavy atom. The number of aromatic nitrogens is 1. The van der Waals surface area contributed by atoms with Crippen LogP contribution in [0, 0.1) is 5.92 Å². The normalized spacial score (nSPS) is 27.0. The van der Waals surface area contributed by atoms with Crippen LogP contribution < -0.4 is 5.32 Å². The van der Waals surface area contributed by atoms with Crippen LogP contribution in [0.4, 0.5) is 0 Å². The van der Waals surface area contributed by atoms with E-state index in [4.69, 9.17) is 16.6 Å². The first-order valence-electron chi connectivity index (χ1n) is 7.36. The summed E-state index contributed by atoms with van der Waals surface area (Å²) in [6, 6.07) is 8.33. The molecule has 1 N–H and O–H groups in total. The molecule has 1 aromatic carbocycles. The Labute approximate surface area is 129 Å². The van der Waals surface area contributed by atoms with Gasteiger partial charge < -0.3 is 5.32 Å². The highest BCUT2D eigenvalue weighted by Crippen LogP contribution is 2.33. The van der Waals surface area contributed by atoms with Gasteiger partial charge in [-0.3, -0.25) is 0 Å². The first-order chi connectivity index (χ1) is 9.71. The molecule has 2 nitrogen and oxygen atoms in total. The van der Waals surface area contributed by atoms with Crippen LogP contribution in [0.2, 0.25) is 0 Å². The predicted octanol–water partition coefficient (Wildman–Crippen LogP) is 4.57. The number of hydrogen-bond acceptors (Lipinski definition) is 3. The molecule has 0 bridgehead atoms. The van der Waals surface area contributed by atoms with Crippen molar-refractivity contribution < 1.29 is 0 Å². The van der Waals surface area contributed by atoms with Crippen LogP contribution in [0.3, 0.4) is 0 Å². The molecular weight excluding hydrogens is 288 g/mol. The number of nitrogens with zero attached hydrogens (tertiary/aromatic N) is 1. The van der Waals surface area contributed by atoms with Gasteiger partial charge in [0.25, 0.3) is 0 Å². The second-order valence-electron chi connectivity index (χ2n) is 6.04. The zero-order valence-electron chi connectivity index (χ0n) is 11.9. The number of hydrogen-bond donors (Lipinski definition) is 1. The highest BCUT2D eigenvalue weighted by atomic mass is 35.5. The molecule has 1 fully saturated rings. The highest BCUT2D eigenvalue weighted by Gasteiger charge is 2.33. The molecule has 2 atom stereocenters. The van der Waals surface area contributed by atoms with E-state index in [-0.39, 0.29) is 5.54 Å². The molecular formula is C16H21ClN2S. The van der Waals surface area contributed by atoms with Crippen LogP contribution in [0.15, 0.2) is 24.3 Å². The minimum absolute atomic E-state index is 0.108. The van der Waals surface area contributed by atoms with Gasteiger partial charge in [0.1, 0.15) is 5.01 Å². The molecule has 0 saturated heterocycles. The summed E-state index contributed by atoms with van der Waals surface area (Å²) < 4.78 is 1.27. The molecule has 108 valence electrons. The molecule has 3 rings (SSSR count). The van der Waals surface area contributed by atoms with Gasteiger partial charge in [-0.2, -0.15) is 0 Å². The number of alkyl halides is 1. The van der Waals surface area contributed by atoms with Crippen LogP contribution in [-0.2, 0) is 6.54 Å². The number of benzene rings is 1. The summed E-state index contributed by atoms with van der Waals surface area (Å²) >= 11 is 8.05. The first-order valence-corrected chi connectivity index (χ1v) is 8.71. The fraction of sp³-hybridized carbons (Fsp3) is 0.562. The molecule has 1 aliphatic rings. The van der Waals surface area contributed by atoms with E-state index in [9.17, 15) is 0 Å². The second-order valence-corrected chi connectivity index (χ2v) is 7.43. The molecule has 0 radical (unpaired) electrons. The minimum atomic E-state index is 0.108. The Hall–Kier alpha value is -0.640. The van der Waals surface area contributed by atoms with E-state index in [1.54, 1.807) is 11.3 Å². The minimum Gasteiger partial charge on any atom is -0.304 e. The summed E-state index contributed by atoms with van der Waals surface area (Å²) in [5, 5.41) is 4.87. The topological polar surface area (TPSA) is 24.9 Å². The van der Waals surface area contributed by atoms with Crippen LogP contribution in [-0.4, -0.2) is 16.4 Å². The Balaban J connectivity index is 1.71. The first kappa shape index (κ1) is 14.3. The molecule has 1 heterocycles. The van der Waals surface area contributed by atoms with E-state index in [0.717, 1.165) is 23.0 Å². The zero-order valence-corrected chi connectivity index (χ0v) is 13.4. The molecule has 0 aliphatic heterocycles. The average Bonchev–Trinajstić information content (AvgIpc) is 2.88. The zero-order chi connectivity index (χ0) is 14.0. The van der Waals surface area contributed by atoms with Crippen LogP contribution in [0.1, 0.15) is 37.6 Å². The molecule has 0 amide bonds. The summed E-state index contributed by atoms with van der Waals surface area (Å²) in [5.41, 5.74) is 1.21. The Morgan fingerprint density at radius 1 is 1.45 bits per heavy atom. The lowest BCUT2D eigenvalue weighted by Gasteiger charge is -2.39. The van der Waals surface area contributed by atoms with E-state index in [2.05, 4.69) is 30.4 Å². The van der Waals surface area contributed by atoms with Crippen LogP contribution in [0.5, 0.6) is 0 Å². The van der Waals surface area contributed by atoms with Crippen molar-refractivity contribution in [1.82, 2.24) is 10.3 Å². The Kier molecular flexibility index (Phi) is 4.29. The fourth-order valence-electron chi connectivity index (χ4n) is 3.25. The van der Waals surface area contributed by atoms with Crippen molar-refractivity contribution in [2.75, 3.05) is 5.88 Å². The van der Waals surface area contributed by atoms with Gasteiger partial charge in [0.2, 0.25) is 0 Å². The number of para-hydroxylation sites is 1. The van der Waals surface area contributed by atoms with E-state index in [1.807, 2.05) is 6.07 Å². The predicted molar refractivity (Wildman–Crippen MR) is 87.5 cm³/mol. The number of fused-ring (bicyclic) bond motifs is 1. The van der Waals surface area contributed by atoms with Crippen molar-refractivity contribution in [1.29, 1.82) is 0 Å². The van der Waals surface area contributed by atoms with Crippen molar-refractivity contribution in [3.05, 3.63) is 29.3 Å². The van der Waals surface area contributed by atoms with Crippen LogP contribution in [0.25, 0.3) is 10.2 Å². The van der Waals surface area contributed by atoms with Gasteiger partial charge in [-0.05, 0) is 30.9 Å². The van der Waals surface area contributed by atoms with Gasteiger partial charge in [-0.1, -0.05) is 31.9 Å². The number of nitrogens with one attached hydrogen (secondary N) is 1. The smallest absolute Gasteiger partial charge is 0.108 e. The lowest BCUT2D eigenvalue weighted by atomic mass is 9.77. The lowest BCUT2D eigenvalue weighted by Crippen LogP contribution is -2.49. The standard InChI is InChI=1S/C16H21ClN2S/c1-12-5-4-8-16(9-12,11-17)18-10-15-19-13-6-2-3-7-14(13)20-15/h2-3,6-7,12,18H,4-5,8-11H2,1H3. The third-order valence-electron chi connectivity index (χ3n) is 4.30. The van der Waals surface area contributed by atoms with Crippen LogP contribution >= 0.6 is 22.9 Å². The maximum atomic E-state index is 6.27.